The zero-order valence-corrected chi connectivity index (χ0v) is 36.7. The Morgan fingerprint density at radius 1 is 0.590 bits per heavy atom. The molecule has 16 nitrogen and oxygen atoms in total. The Morgan fingerprint density at radius 2 is 1.23 bits per heavy atom. The highest BCUT2D eigenvalue weighted by Gasteiger charge is 2.69. The van der Waals surface area contributed by atoms with Crippen LogP contribution in [0.4, 0.5) is 0 Å². The van der Waals surface area contributed by atoms with E-state index in [1.807, 2.05) is 0 Å². The van der Waals surface area contributed by atoms with E-state index in [9.17, 15) is 40.9 Å². The van der Waals surface area contributed by atoms with Gasteiger partial charge in [-0.05, 0) is 118 Å². The number of ether oxygens (including phenoxy) is 8. The minimum atomic E-state index is -1.70. The van der Waals surface area contributed by atoms with Crippen LogP contribution in [-0.4, -0.2) is 164 Å². The molecule has 0 amide bonds. The van der Waals surface area contributed by atoms with Crippen molar-refractivity contribution in [2.45, 2.75) is 216 Å². The standard InChI is InChI=1S/C45H74O16/c1-19-9-14-45(54-18-19)20(2)30-28(61-45)16-27-25-8-7-23-15-24(10-12-43(23,5)26(25)11-13-44(27,30)6)57-42-39(60-41-36(52)34(50)32(48)22(4)56-41)37(53)38(29(17-46)58-42)59-40-35(51)33(49)31(47)21(3)55-40/h19-42,46-53H,7-18H2,1-6H3/t19-,20-,21-,22-,23+,24-,25+,26-,27-,28-,29+,30-,31-,32-,33+,34+,35+,36+,37-,38+,39+,40+,41+,42+,43-,44-,45+/m0/s1. The second-order valence-electron chi connectivity index (χ2n) is 21.5. The Hall–Kier alpha value is -0.640. The number of rotatable bonds is 7. The number of aliphatic hydroxyl groups excluding tert-OH is 8. The molecule has 27 atom stereocenters. The molecule has 350 valence electrons. The summed E-state index contributed by atoms with van der Waals surface area (Å²) in [5.41, 5.74) is 0.350. The van der Waals surface area contributed by atoms with Gasteiger partial charge >= 0.3 is 0 Å². The molecular weight excluding hydrogens is 796 g/mol. The SMILES string of the molecule is C[C@H]1CC[C@@]2(OC1)O[C@H]1C[C@H]3[C@@H]4CC[C@@H]5C[C@@H](O[C@@H]6O[C@H](CO)[C@@H](O[C@H]7O[C@@H](C)[C@H](O)[C@@H](O)[C@H]7O)[C@H](O)[C@H]6O[C@H]6O[C@@H](C)[C@H](O)[C@@H](O)[C@H]6O)CC[C@]5(C)[C@H]4CC[C@]3(C)[C@H]1[C@@H]2C. The molecule has 0 radical (unpaired) electrons. The van der Waals surface area contributed by atoms with Crippen LogP contribution in [0.15, 0.2) is 0 Å². The van der Waals surface area contributed by atoms with E-state index in [1.165, 1.54) is 26.7 Å². The molecule has 9 fully saturated rings. The molecule has 5 saturated heterocycles. The fraction of sp³-hybridized carbons (Fsp3) is 1.00. The Morgan fingerprint density at radius 3 is 1.85 bits per heavy atom. The van der Waals surface area contributed by atoms with Crippen molar-refractivity contribution >= 4 is 0 Å². The molecule has 61 heavy (non-hydrogen) atoms. The highest BCUT2D eigenvalue weighted by molar-refractivity contribution is 5.15. The summed E-state index contributed by atoms with van der Waals surface area (Å²) in [6.45, 7) is 12.9. The van der Waals surface area contributed by atoms with Crippen molar-refractivity contribution < 1.29 is 78.7 Å². The van der Waals surface area contributed by atoms with Crippen LogP contribution in [0.25, 0.3) is 0 Å². The van der Waals surface area contributed by atoms with Gasteiger partial charge in [0.05, 0.1) is 37.6 Å². The first-order valence-corrected chi connectivity index (χ1v) is 23.5. The fourth-order valence-corrected chi connectivity index (χ4v) is 14.6. The molecular formula is C45H74O16. The molecule has 0 unspecified atom stereocenters. The first-order valence-electron chi connectivity index (χ1n) is 23.5. The Bertz CT molecular complexity index is 1530. The molecule has 0 bridgehead atoms. The molecule has 4 saturated carbocycles. The molecule has 9 aliphatic rings. The molecule has 0 aromatic carbocycles. The Labute approximate surface area is 359 Å². The lowest BCUT2D eigenvalue weighted by Gasteiger charge is -2.61. The summed E-state index contributed by atoms with van der Waals surface area (Å²) in [6, 6.07) is 0. The predicted molar refractivity (Wildman–Crippen MR) is 213 cm³/mol. The largest absolute Gasteiger partial charge is 0.394 e. The molecule has 0 aromatic heterocycles. The summed E-state index contributed by atoms with van der Waals surface area (Å²) in [5.74, 6) is 3.27. The van der Waals surface area contributed by atoms with Crippen LogP contribution in [0.5, 0.6) is 0 Å². The molecule has 16 heteroatoms. The molecule has 5 aliphatic heterocycles. The summed E-state index contributed by atoms with van der Waals surface area (Å²) < 4.78 is 50.3. The van der Waals surface area contributed by atoms with Gasteiger partial charge in [-0.25, -0.2) is 0 Å². The summed E-state index contributed by atoms with van der Waals surface area (Å²) in [5, 5.41) is 85.9. The third-order valence-corrected chi connectivity index (χ3v) is 18.2. The second-order valence-corrected chi connectivity index (χ2v) is 21.5. The van der Waals surface area contributed by atoms with Gasteiger partial charge in [0.15, 0.2) is 24.7 Å². The van der Waals surface area contributed by atoms with Gasteiger partial charge in [0.1, 0.15) is 61.0 Å². The van der Waals surface area contributed by atoms with Gasteiger partial charge < -0.3 is 78.7 Å². The topological polar surface area (TPSA) is 236 Å². The number of hydrogen-bond donors (Lipinski definition) is 8. The van der Waals surface area contributed by atoms with Crippen molar-refractivity contribution in [2.75, 3.05) is 13.2 Å². The van der Waals surface area contributed by atoms with Gasteiger partial charge in [-0.2, -0.15) is 0 Å². The van der Waals surface area contributed by atoms with Crippen molar-refractivity contribution in [3.05, 3.63) is 0 Å². The summed E-state index contributed by atoms with van der Waals surface area (Å²) in [6.07, 6.45) is -11.0. The van der Waals surface area contributed by atoms with Gasteiger partial charge in [-0.15, -0.1) is 0 Å². The Kier molecular flexibility index (Phi) is 12.6. The van der Waals surface area contributed by atoms with Crippen LogP contribution in [0.2, 0.25) is 0 Å². The van der Waals surface area contributed by atoms with Gasteiger partial charge in [0, 0.05) is 12.3 Å². The molecule has 4 aliphatic carbocycles. The van der Waals surface area contributed by atoms with Crippen molar-refractivity contribution in [2.24, 2.45) is 52.3 Å². The molecule has 8 N–H and O–H groups in total. The van der Waals surface area contributed by atoms with E-state index in [4.69, 9.17) is 37.9 Å². The van der Waals surface area contributed by atoms with E-state index in [0.717, 1.165) is 58.0 Å². The summed E-state index contributed by atoms with van der Waals surface area (Å²) in [4.78, 5) is 0. The smallest absolute Gasteiger partial charge is 0.187 e. The van der Waals surface area contributed by atoms with Gasteiger partial charge in [-0.1, -0.05) is 27.7 Å². The Balaban J connectivity index is 0.897. The lowest BCUT2D eigenvalue weighted by molar-refractivity contribution is -0.389. The lowest BCUT2D eigenvalue weighted by atomic mass is 9.44. The second kappa shape index (κ2) is 16.9. The van der Waals surface area contributed by atoms with Crippen molar-refractivity contribution in [1.82, 2.24) is 0 Å². The van der Waals surface area contributed by atoms with Gasteiger partial charge in [0.25, 0.3) is 0 Å². The summed E-state index contributed by atoms with van der Waals surface area (Å²) >= 11 is 0. The average molecular weight is 871 g/mol. The minimum Gasteiger partial charge on any atom is -0.394 e. The predicted octanol–water partition coefficient (Wildman–Crippen LogP) is 1.32. The van der Waals surface area contributed by atoms with Crippen molar-refractivity contribution in [1.29, 1.82) is 0 Å². The monoisotopic (exact) mass is 870 g/mol. The van der Waals surface area contributed by atoms with E-state index >= 15 is 0 Å². The van der Waals surface area contributed by atoms with Crippen LogP contribution >= 0.6 is 0 Å². The number of hydrogen-bond acceptors (Lipinski definition) is 16. The number of fused-ring (bicyclic) bond motifs is 7. The van der Waals surface area contributed by atoms with Crippen LogP contribution in [0, 0.1) is 52.3 Å². The average Bonchev–Trinajstić information content (AvgIpc) is 3.69. The zero-order chi connectivity index (χ0) is 43.5. The normalized spacial score (nSPS) is 59.7. The van der Waals surface area contributed by atoms with Crippen LogP contribution < -0.4 is 0 Å². The molecule has 5 heterocycles. The van der Waals surface area contributed by atoms with Crippen LogP contribution in [0.3, 0.4) is 0 Å². The van der Waals surface area contributed by atoms with E-state index < -0.39 is 105 Å². The van der Waals surface area contributed by atoms with Gasteiger partial charge in [-0.3, -0.25) is 0 Å². The maximum absolute atomic E-state index is 12.0. The van der Waals surface area contributed by atoms with E-state index in [1.54, 1.807) is 0 Å². The highest BCUT2D eigenvalue weighted by atomic mass is 16.8. The maximum atomic E-state index is 12.0. The highest BCUT2D eigenvalue weighted by Crippen LogP contribution is 2.71. The molecule has 9 rings (SSSR count). The zero-order valence-electron chi connectivity index (χ0n) is 36.7. The van der Waals surface area contributed by atoms with E-state index in [-0.39, 0.29) is 23.0 Å². The molecule has 1 spiro atoms. The summed E-state index contributed by atoms with van der Waals surface area (Å²) in [7, 11) is 0. The van der Waals surface area contributed by atoms with E-state index in [2.05, 4.69) is 27.7 Å². The maximum Gasteiger partial charge on any atom is 0.187 e. The first-order chi connectivity index (χ1) is 28.9. The fourth-order valence-electron chi connectivity index (χ4n) is 14.6. The third-order valence-electron chi connectivity index (χ3n) is 18.2. The van der Waals surface area contributed by atoms with Crippen LogP contribution in [0.1, 0.15) is 106 Å². The third kappa shape index (κ3) is 7.50. The van der Waals surface area contributed by atoms with E-state index in [0.29, 0.717) is 41.4 Å². The molecule has 0 aromatic rings. The number of aliphatic hydroxyl groups is 8. The lowest BCUT2D eigenvalue weighted by Crippen LogP contribution is -2.66. The van der Waals surface area contributed by atoms with Crippen molar-refractivity contribution in [3.8, 4) is 0 Å². The van der Waals surface area contributed by atoms with Crippen molar-refractivity contribution in [3.63, 3.8) is 0 Å². The quantitative estimate of drug-likeness (QED) is 0.169. The van der Waals surface area contributed by atoms with Crippen LogP contribution in [-0.2, 0) is 37.9 Å². The minimum absolute atomic E-state index is 0.122. The first kappa shape index (κ1) is 45.5. The van der Waals surface area contributed by atoms with Gasteiger partial charge in [0.2, 0.25) is 0 Å².